The number of aromatic nitrogens is 2. The number of ether oxygens (including phenoxy) is 1. The molecule has 0 radical (unpaired) electrons. The number of benzene rings is 1. The van der Waals surface area contributed by atoms with Crippen molar-refractivity contribution in [3.63, 3.8) is 0 Å². The van der Waals surface area contributed by atoms with Gasteiger partial charge in [-0.15, -0.1) is 0 Å². The topological polar surface area (TPSA) is 47.0 Å². The molecular formula is C13H14FN3O. The van der Waals surface area contributed by atoms with Crippen LogP contribution in [0.1, 0.15) is 11.3 Å². The standard InChI is InChI=1S/C13H14FN3O/c1-9-5-11(3-4-12(9)14)18-8-10-6-17-13(15-2)7-16-10/h3-7H,8H2,1-2H3,(H,15,17). The fourth-order valence-electron chi connectivity index (χ4n) is 1.42. The van der Waals surface area contributed by atoms with E-state index in [4.69, 9.17) is 4.74 Å². The Morgan fingerprint density at radius 2 is 2.11 bits per heavy atom. The van der Waals surface area contributed by atoms with Gasteiger partial charge in [0.15, 0.2) is 0 Å². The zero-order valence-electron chi connectivity index (χ0n) is 10.3. The monoisotopic (exact) mass is 247 g/mol. The lowest BCUT2D eigenvalue weighted by atomic mass is 10.2. The maximum atomic E-state index is 13.1. The van der Waals surface area contributed by atoms with E-state index in [0.29, 0.717) is 23.7 Å². The second-order valence-electron chi connectivity index (χ2n) is 3.84. The number of hydrogen-bond donors (Lipinski definition) is 1. The fraction of sp³-hybridized carbons (Fsp3) is 0.231. The Balaban J connectivity index is 1.99. The first-order valence-corrected chi connectivity index (χ1v) is 5.56. The van der Waals surface area contributed by atoms with E-state index in [-0.39, 0.29) is 5.82 Å². The average molecular weight is 247 g/mol. The molecule has 0 spiro atoms. The fourth-order valence-corrected chi connectivity index (χ4v) is 1.42. The quantitative estimate of drug-likeness (QED) is 0.902. The summed E-state index contributed by atoms with van der Waals surface area (Å²) in [4.78, 5) is 8.31. The van der Waals surface area contributed by atoms with Gasteiger partial charge in [-0.3, -0.25) is 4.98 Å². The van der Waals surface area contributed by atoms with Gasteiger partial charge in [-0.1, -0.05) is 0 Å². The Morgan fingerprint density at radius 3 is 2.72 bits per heavy atom. The molecule has 5 heteroatoms. The molecule has 0 bridgehead atoms. The van der Waals surface area contributed by atoms with E-state index in [9.17, 15) is 4.39 Å². The third kappa shape index (κ3) is 2.94. The number of aryl methyl sites for hydroxylation is 1. The van der Waals surface area contributed by atoms with Crippen LogP contribution in [0.15, 0.2) is 30.6 Å². The van der Waals surface area contributed by atoms with Crippen LogP contribution < -0.4 is 10.1 Å². The summed E-state index contributed by atoms with van der Waals surface area (Å²) in [6, 6.07) is 4.64. The molecule has 1 heterocycles. The van der Waals surface area contributed by atoms with Crippen LogP contribution in [-0.2, 0) is 6.61 Å². The molecule has 18 heavy (non-hydrogen) atoms. The summed E-state index contributed by atoms with van der Waals surface area (Å²) in [5.74, 6) is 1.09. The Kier molecular flexibility index (Phi) is 3.72. The van der Waals surface area contributed by atoms with Gasteiger partial charge in [0.1, 0.15) is 24.0 Å². The van der Waals surface area contributed by atoms with Gasteiger partial charge in [0.05, 0.1) is 18.1 Å². The number of nitrogens with zero attached hydrogens (tertiary/aromatic N) is 2. The van der Waals surface area contributed by atoms with Crippen LogP contribution in [0.25, 0.3) is 0 Å². The Hall–Kier alpha value is -2.17. The van der Waals surface area contributed by atoms with Crippen molar-refractivity contribution in [2.75, 3.05) is 12.4 Å². The van der Waals surface area contributed by atoms with Gasteiger partial charge >= 0.3 is 0 Å². The molecule has 0 aliphatic heterocycles. The second-order valence-corrected chi connectivity index (χ2v) is 3.84. The van der Waals surface area contributed by atoms with Crippen LogP contribution in [0.4, 0.5) is 10.2 Å². The highest BCUT2D eigenvalue weighted by atomic mass is 19.1. The molecular weight excluding hydrogens is 233 g/mol. The minimum atomic E-state index is -0.236. The second kappa shape index (κ2) is 5.44. The summed E-state index contributed by atoms with van der Waals surface area (Å²) >= 11 is 0. The number of anilines is 1. The SMILES string of the molecule is CNc1cnc(COc2ccc(F)c(C)c2)cn1. The first kappa shape index (κ1) is 12.3. The van der Waals surface area contributed by atoms with E-state index in [2.05, 4.69) is 15.3 Å². The molecule has 94 valence electrons. The highest BCUT2D eigenvalue weighted by Gasteiger charge is 2.01. The highest BCUT2D eigenvalue weighted by Crippen LogP contribution is 2.16. The van der Waals surface area contributed by atoms with Crippen LogP contribution in [-0.4, -0.2) is 17.0 Å². The molecule has 0 saturated carbocycles. The summed E-state index contributed by atoms with van der Waals surface area (Å²) in [7, 11) is 1.78. The predicted molar refractivity (Wildman–Crippen MR) is 67.0 cm³/mol. The lowest BCUT2D eigenvalue weighted by molar-refractivity contribution is 0.300. The smallest absolute Gasteiger partial charge is 0.144 e. The molecule has 2 aromatic rings. The van der Waals surface area contributed by atoms with Crippen molar-refractivity contribution in [1.82, 2.24) is 9.97 Å². The first-order valence-electron chi connectivity index (χ1n) is 5.56. The van der Waals surface area contributed by atoms with Crippen LogP contribution in [0.3, 0.4) is 0 Å². The van der Waals surface area contributed by atoms with E-state index in [1.807, 2.05) is 0 Å². The maximum absolute atomic E-state index is 13.1. The number of hydrogen-bond acceptors (Lipinski definition) is 4. The minimum Gasteiger partial charge on any atom is -0.487 e. The molecule has 1 aromatic carbocycles. The van der Waals surface area contributed by atoms with E-state index < -0.39 is 0 Å². The van der Waals surface area contributed by atoms with Gasteiger partial charge in [0.2, 0.25) is 0 Å². The molecule has 4 nitrogen and oxygen atoms in total. The zero-order valence-corrected chi connectivity index (χ0v) is 10.3. The average Bonchev–Trinajstić information content (AvgIpc) is 2.41. The van der Waals surface area contributed by atoms with Crippen molar-refractivity contribution in [2.45, 2.75) is 13.5 Å². The molecule has 1 aromatic heterocycles. The molecule has 0 saturated heterocycles. The number of halogens is 1. The van der Waals surface area contributed by atoms with Crippen molar-refractivity contribution >= 4 is 5.82 Å². The van der Waals surface area contributed by atoms with Gasteiger partial charge in [-0.25, -0.2) is 9.37 Å². The minimum absolute atomic E-state index is 0.236. The van der Waals surface area contributed by atoms with Crippen LogP contribution in [0.2, 0.25) is 0 Å². The summed E-state index contributed by atoms with van der Waals surface area (Å²) < 4.78 is 18.6. The summed E-state index contributed by atoms with van der Waals surface area (Å²) in [6.45, 7) is 2.01. The van der Waals surface area contributed by atoms with Gasteiger partial charge in [0.25, 0.3) is 0 Å². The van der Waals surface area contributed by atoms with E-state index in [1.54, 1.807) is 38.5 Å². The third-order valence-corrected chi connectivity index (χ3v) is 2.48. The Morgan fingerprint density at radius 1 is 1.28 bits per heavy atom. The van der Waals surface area contributed by atoms with E-state index in [0.717, 1.165) is 5.69 Å². The maximum Gasteiger partial charge on any atom is 0.144 e. The van der Waals surface area contributed by atoms with Gasteiger partial charge in [0, 0.05) is 7.05 Å². The number of nitrogens with one attached hydrogen (secondary N) is 1. The highest BCUT2D eigenvalue weighted by molar-refractivity contribution is 5.30. The molecule has 0 fully saturated rings. The predicted octanol–water partition coefficient (Wildman–Crippen LogP) is 2.54. The molecule has 0 atom stereocenters. The van der Waals surface area contributed by atoms with Crippen molar-refractivity contribution < 1.29 is 9.13 Å². The van der Waals surface area contributed by atoms with E-state index >= 15 is 0 Å². The van der Waals surface area contributed by atoms with Crippen molar-refractivity contribution in [2.24, 2.45) is 0 Å². The van der Waals surface area contributed by atoms with Crippen LogP contribution in [0.5, 0.6) is 5.75 Å². The van der Waals surface area contributed by atoms with E-state index in [1.165, 1.54) is 6.07 Å². The zero-order chi connectivity index (χ0) is 13.0. The molecule has 2 rings (SSSR count). The summed E-state index contributed by atoms with van der Waals surface area (Å²) in [5, 5.41) is 2.89. The van der Waals surface area contributed by atoms with Gasteiger partial charge < -0.3 is 10.1 Å². The molecule has 0 aliphatic rings. The normalized spacial score (nSPS) is 10.2. The van der Waals surface area contributed by atoms with Crippen molar-refractivity contribution in [1.29, 1.82) is 0 Å². The third-order valence-electron chi connectivity index (χ3n) is 2.48. The van der Waals surface area contributed by atoms with Crippen molar-refractivity contribution in [3.05, 3.63) is 47.7 Å². The summed E-state index contributed by atoms with van der Waals surface area (Å²) in [6.07, 6.45) is 3.27. The summed E-state index contributed by atoms with van der Waals surface area (Å²) in [5.41, 5.74) is 1.28. The Bertz CT molecular complexity index is 528. The van der Waals surface area contributed by atoms with Crippen LogP contribution >= 0.6 is 0 Å². The lowest BCUT2D eigenvalue weighted by Gasteiger charge is -2.07. The molecule has 0 amide bonds. The number of rotatable bonds is 4. The van der Waals surface area contributed by atoms with Gasteiger partial charge in [-0.05, 0) is 30.7 Å². The first-order chi connectivity index (χ1) is 8.69. The largest absolute Gasteiger partial charge is 0.487 e. The molecule has 1 N–H and O–H groups in total. The van der Waals surface area contributed by atoms with Crippen LogP contribution in [0, 0.1) is 12.7 Å². The lowest BCUT2D eigenvalue weighted by Crippen LogP contribution is -2.01. The molecule has 0 unspecified atom stereocenters. The van der Waals surface area contributed by atoms with Crippen molar-refractivity contribution in [3.8, 4) is 5.75 Å². The Labute approximate surface area is 105 Å². The van der Waals surface area contributed by atoms with Gasteiger partial charge in [-0.2, -0.15) is 0 Å². The molecule has 0 aliphatic carbocycles.